The number of rotatable bonds is 8. The van der Waals surface area contributed by atoms with Crippen molar-refractivity contribution in [2.45, 2.75) is 0 Å². The van der Waals surface area contributed by atoms with E-state index in [1.54, 1.807) is 0 Å². The van der Waals surface area contributed by atoms with Crippen molar-refractivity contribution in [1.82, 2.24) is 4.98 Å². The van der Waals surface area contributed by atoms with Crippen molar-refractivity contribution >= 4 is 89.4 Å². The van der Waals surface area contributed by atoms with E-state index in [-0.39, 0.29) is 0 Å². The molecule has 0 radical (unpaired) electrons. The van der Waals surface area contributed by atoms with E-state index in [1.807, 2.05) is 11.3 Å². The van der Waals surface area contributed by atoms with E-state index in [0.29, 0.717) is 0 Å². The van der Waals surface area contributed by atoms with E-state index in [4.69, 9.17) is 4.98 Å². The van der Waals surface area contributed by atoms with Crippen LogP contribution in [0.5, 0.6) is 0 Å². The van der Waals surface area contributed by atoms with Crippen molar-refractivity contribution < 1.29 is 0 Å². The molecule has 2 heterocycles. The second-order valence-corrected chi connectivity index (χ2v) is 21.7. The topological polar surface area (TPSA) is 12.9 Å². The fourth-order valence-corrected chi connectivity index (χ4v) is 18.5. The predicted octanol–water partition coefficient (Wildman–Crippen LogP) is 6.20. The summed E-state index contributed by atoms with van der Waals surface area (Å²) in [7, 11) is -5.48. The number of hydrogen-bond acceptors (Lipinski definition) is 2. The smallest absolute Gasteiger partial charge is 0.201 e. The number of benzene rings is 7. The maximum Gasteiger partial charge on any atom is 0.201 e. The van der Waals surface area contributed by atoms with Gasteiger partial charge in [-0.2, -0.15) is 0 Å². The zero-order valence-corrected chi connectivity index (χ0v) is 30.9. The van der Waals surface area contributed by atoms with E-state index in [1.165, 1.54) is 51.1 Å². The highest BCUT2D eigenvalue weighted by Crippen LogP contribution is 2.32. The normalized spacial score (nSPS) is 11.9. The van der Waals surface area contributed by atoms with Crippen LogP contribution >= 0.6 is 11.3 Å². The highest BCUT2D eigenvalue weighted by molar-refractivity contribution is 7.26. The first-order valence-electron chi connectivity index (χ1n) is 17.5. The largest absolute Gasteiger partial charge is 0.255 e. The summed E-state index contributed by atoms with van der Waals surface area (Å²) < 4.78 is 2.48. The Morgan fingerprint density at radius 1 is 0.314 bits per heavy atom. The van der Waals surface area contributed by atoms with Crippen LogP contribution in [0, 0.1) is 0 Å². The number of nitrogens with zero attached hydrogens (tertiary/aromatic N) is 1. The van der Waals surface area contributed by atoms with Crippen molar-refractivity contribution in [2.75, 3.05) is 0 Å². The molecule has 0 aliphatic heterocycles. The molecule has 1 nitrogen and oxygen atoms in total. The van der Waals surface area contributed by atoms with Crippen molar-refractivity contribution in [1.29, 1.82) is 0 Å². The molecular weight excluding hydrogens is 667 g/mol. The van der Waals surface area contributed by atoms with Crippen molar-refractivity contribution in [2.24, 2.45) is 0 Å². The third kappa shape index (κ3) is 5.14. The molecule has 9 rings (SSSR count). The van der Waals surface area contributed by atoms with Crippen LogP contribution in [0.25, 0.3) is 20.3 Å². The minimum Gasteiger partial charge on any atom is -0.255 e. The maximum atomic E-state index is 5.79. The van der Waals surface area contributed by atoms with E-state index >= 15 is 0 Å². The van der Waals surface area contributed by atoms with E-state index in [0.717, 1.165) is 10.8 Å². The zero-order valence-electron chi connectivity index (χ0n) is 28.1. The van der Waals surface area contributed by atoms with Gasteiger partial charge in [-0.3, -0.25) is 4.98 Å². The first-order chi connectivity index (χ1) is 25.3. The van der Waals surface area contributed by atoms with E-state index in [9.17, 15) is 0 Å². The molecule has 0 spiro atoms. The summed E-state index contributed by atoms with van der Waals surface area (Å²) in [6, 6.07) is 78.6. The van der Waals surface area contributed by atoms with Gasteiger partial charge in [-0.15, -0.1) is 11.3 Å². The highest BCUT2D eigenvalue weighted by atomic mass is 32.1. The van der Waals surface area contributed by atoms with Gasteiger partial charge in [-0.25, -0.2) is 0 Å². The first-order valence-corrected chi connectivity index (χ1v) is 22.3. The van der Waals surface area contributed by atoms with Crippen molar-refractivity contribution in [3.8, 4) is 0 Å². The summed E-state index contributed by atoms with van der Waals surface area (Å²) in [6.07, 6.45) is 0. The third-order valence-corrected chi connectivity index (χ3v) is 20.9. The number of aromatic nitrogens is 1. The monoisotopic (exact) mass is 701 g/mol. The van der Waals surface area contributed by atoms with Crippen LogP contribution in [0.2, 0.25) is 0 Å². The summed E-state index contributed by atoms with van der Waals surface area (Å²) in [5.41, 5.74) is 1.09. The molecule has 0 atom stereocenters. The minimum absolute atomic E-state index is 1.09. The molecule has 2 aromatic heterocycles. The zero-order chi connectivity index (χ0) is 34.1. The van der Waals surface area contributed by atoms with Crippen molar-refractivity contribution in [3.05, 3.63) is 212 Å². The van der Waals surface area contributed by atoms with Crippen LogP contribution in [0.1, 0.15) is 0 Å². The fraction of sp³-hybridized carbons (Fsp3) is 0. The maximum absolute atomic E-state index is 5.79. The van der Waals surface area contributed by atoms with Crippen LogP contribution in [-0.2, 0) is 0 Å². The Kier molecular flexibility index (Phi) is 8.13. The molecule has 7 aromatic carbocycles. The van der Waals surface area contributed by atoms with Crippen LogP contribution in [0.15, 0.2) is 212 Å². The molecule has 0 N–H and O–H groups in total. The second kappa shape index (κ2) is 13.2. The van der Waals surface area contributed by atoms with Crippen molar-refractivity contribution in [3.63, 3.8) is 0 Å². The van der Waals surface area contributed by atoms with E-state index < -0.39 is 16.1 Å². The summed E-state index contributed by atoms with van der Waals surface area (Å²) in [6.45, 7) is 0. The molecule has 4 heteroatoms. The molecule has 0 amide bonds. The van der Waals surface area contributed by atoms with Gasteiger partial charge in [0.15, 0.2) is 8.07 Å². The molecule has 0 saturated carbocycles. The Morgan fingerprint density at radius 2 is 0.667 bits per heavy atom. The number of thiophene rings is 1. The summed E-state index contributed by atoms with van der Waals surface area (Å²) in [5.74, 6) is 0. The quantitative estimate of drug-likeness (QED) is 0.136. The Hall–Kier alpha value is -5.66. The molecule has 0 fully saturated rings. The lowest BCUT2D eigenvalue weighted by molar-refractivity contribution is 1.48. The van der Waals surface area contributed by atoms with Gasteiger partial charge in [0.2, 0.25) is 8.07 Å². The Labute approximate surface area is 305 Å². The standard InChI is InChI=1S/C47H35NSSi2/c1-7-19-36(20-8-1)50(37-21-9-2-10-22-37,38-23-11-3-12-24-38)42-31-32-44-43(35-42)47-45(49-44)33-34-46(48-47)51(39-25-13-4-14-26-39,40-27-15-5-16-28-40)41-29-17-6-18-30-41/h1-35H. The summed E-state index contributed by atoms with van der Waals surface area (Å²) in [5, 5.41) is 11.9. The average molecular weight is 702 g/mol. The molecule has 0 saturated heterocycles. The van der Waals surface area contributed by atoms with Gasteiger partial charge in [0.25, 0.3) is 0 Å². The molecule has 0 aliphatic rings. The molecule has 0 unspecified atom stereocenters. The SMILES string of the molecule is c1ccc([Si](c2ccccc2)(c2ccccc2)c2ccc3sc4ccc([Si](c5ccccc5)(c5ccccc5)c5ccccc5)nc4c3c2)cc1. The van der Waals surface area contributed by atoms with E-state index in [2.05, 4.69) is 212 Å². The Balaban J connectivity index is 1.36. The van der Waals surface area contributed by atoms with Gasteiger partial charge < -0.3 is 0 Å². The van der Waals surface area contributed by atoms with Gasteiger partial charge in [-0.1, -0.05) is 194 Å². The highest BCUT2D eigenvalue weighted by Gasteiger charge is 2.44. The minimum atomic E-state index is -2.78. The van der Waals surface area contributed by atoms with Gasteiger partial charge in [0, 0.05) is 15.4 Å². The molecule has 0 bridgehead atoms. The third-order valence-electron chi connectivity index (χ3n) is 10.4. The Morgan fingerprint density at radius 3 is 1.06 bits per heavy atom. The lowest BCUT2D eigenvalue weighted by Gasteiger charge is -2.34. The average Bonchev–Trinajstić information content (AvgIpc) is 3.59. The van der Waals surface area contributed by atoms with Gasteiger partial charge >= 0.3 is 0 Å². The van der Waals surface area contributed by atoms with Gasteiger partial charge in [-0.05, 0) is 54.5 Å². The lowest BCUT2D eigenvalue weighted by Crippen LogP contribution is -2.75. The summed E-state index contributed by atoms with van der Waals surface area (Å²) >= 11 is 1.84. The molecule has 51 heavy (non-hydrogen) atoms. The van der Waals surface area contributed by atoms with Crippen LogP contribution < -0.4 is 41.6 Å². The molecule has 0 aliphatic carbocycles. The predicted molar refractivity (Wildman–Crippen MR) is 224 cm³/mol. The van der Waals surface area contributed by atoms with Crippen LogP contribution in [0.3, 0.4) is 0 Å². The van der Waals surface area contributed by atoms with Crippen LogP contribution in [-0.4, -0.2) is 21.1 Å². The number of pyridine rings is 1. The van der Waals surface area contributed by atoms with Gasteiger partial charge in [0.05, 0.1) is 10.2 Å². The fourth-order valence-electron chi connectivity index (χ4n) is 8.16. The van der Waals surface area contributed by atoms with Crippen LogP contribution in [0.4, 0.5) is 0 Å². The molecular formula is C47H35NSSi2. The van der Waals surface area contributed by atoms with Gasteiger partial charge in [0.1, 0.15) is 0 Å². The molecule has 242 valence electrons. The number of fused-ring (bicyclic) bond motifs is 3. The lowest BCUT2D eigenvalue weighted by atomic mass is 10.2. The number of hydrogen-bond donors (Lipinski definition) is 0. The molecule has 9 aromatic rings. The Bertz CT molecular complexity index is 2180. The second-order valence-electron chi connectivity index (χ2n) is 13.1. The summed E-state index contributed by atoms with van der Waals surface area (Å²) in [4.78, 5) is 5.79. The first kappa shape index (κ1) is 31.3.